The van der Waals surface area contributed by atoms with Gasteiger partial charge in [0, 0.05) is 6.54 Å². The van der Waals surface area contributed by atoms with Gasteiger partial charge in [-0.05, 0) is 37.7 Å². The quantitative estimate of drug-likeness (QED) is 0.855. The highest BCUT2D eigenvalue weighted by molar-refractivity contribution is 5.83. The molecule has 3 nitrogen and oxygen atoms in total. The van der Waals surface area contributed by atoms with Gasteiger partial charge in [0.15, 0.2) is 0 Å². The monoisotopic (exact) mass is 245 g/mol. The first-order chi connectivity index (χ1) is 8.62. The average molecular weight is 245 g/mol. The second-order valence-corrected chi connectivity index (χ2v) is 5.85. The summed E-state index contributed by atoms with van der Waals surface area (Å²) in [7, 11) is 0. The summed E-state index contributed by atoms with van der Waals surface area (Å²) in [6.07, 6.45) is 3.90. The van der Waals surface area contributed by atoms with Crippen LogP contribution in [0.4, 0.5) is 0 Å². The Morgan fingerprint density at radius 1 is 1.17 bits per heavy atom. The number of hydrogen-bond donors (Lipinski definition) is 2. The summed E-state index contributed by atoms with van der Waals surface area (Å²) < 4.78 is 0. The van der Waals surface area contributed by atoms with E-state index in [1.54, 1.807) is 0 Å². The van der Waals surface area contributed by atoms with Gasteiger partial charge in [0.05, 0.1) is 11.0 Å². The Hall–Kier alpha value is -1.35. The fraction of sp³-hybridized carbons (Fsp3) is 0.533. The highest BCUT2D eigenvalue weighted by atomic mass is 16.3. The lowest BCUT2D eigenvalue weighted by Crippen LogP contribution is -2.37. The molecule has 0 saturated heterocycles. The second kappa shape index (κ2) is 4.09. The first kappa shape index (κ1) is 11.7. The molecule has 3 heteroatoms. The van der Waals surface area contributed by atoms with Crippen molar-refractivity contribution >= 4 is 5.91 Å². The molecule has 96 valence electrons. The number of rotatable bonds is 3. The van der Waals surface area contributed by atoms with Gasteiger partial charge in [-0.2, -0.15) is 0 Å². The molecule has 0 aromatic heterocycles. The molecule has 2 aliphatic carbocycles. The zero-order valence-electron chi connectivity index (χ0n) is 10.5. The van der Waals surface area contributed by atoms with Gasteiger partial charge < -0.3 is 10.4 Å². The van der Waals surface area contributed by atoms with Crippen LogP contribution in [0, 0.1) is 5.41 Å². The average Bonchev–Trinajstić information content (AvgIpc) is 2.92. The van der Waals surface area contributed by atoms with E-state index in [-0.39, 0.29) is 11.3 Å². The van der Waals surface area contributed by atoms with Crippen LogP contribution in [0.15, 0.2) is 30.3 Å². The van der Waals surface area contributed by atoms with Gasteiger partial charge in [-0.3, -0.25) is 4.79 Å². The van der Waals surface area contributed by atoms with Gasteiger partial charge in [-0.25, -0.2) is 0 Å². The Labute approximate surface area is 107 Å². The van der Waals surface area contributed by atoms with E-state index in [2.05, 4.69) is 5.32 Å². The van der Waals surface area contributed by atoms with Crippen LogP contribution in [0.1, 0.15) is 37.7 Å². The zero-order chi connectivity index (χ0) is 12.6. The van der Waals surface area contributed by atoms with Crippen molar-refractivity contribution in [3.05, 3.63) is 35.9 Å². The third-order valence-corrected chi connectivity index (χ3v) is 4.58. The van der Waals surface area contributed by atoms with Crippen molar-refractivity contribution in [2.24, 2.45) is 5.41 Å². The molecule has 2 N–H and O–H groups in total. The molecule has 0 radical (unpaired) electrons. The number of carbonyl (C=O) groups excluding carboxylic acids is 1. The molecule has 18 heavy (non-hydrogen) atoms. The molecule has 1 aromatic rings. The lowest BCUT2D eigenvalue weighted by molar-refractivity contribution is -0.130. The van der Waals surface area contributed by atoms with Crippen LogP contribution >= 0.6 is 0 Å². The smallest absolute Gasteiger partial charge is 0.226 e. The predicted octanol–water partition coefficient (Wildman–Crippen LogP) is 2.00. The van der Waals surface area contributed by atoms with Crippen LogP contribution in [0.25, 0.3) is 0 Å². The molecule has 2 bridgehead atoms. The first-order valence-electron chi connectivity index (χ1n) is 6.67. The van der Waals surface area contributed by atoms with Gasteiger partial charge >= 0.3 is 0 Å². The van der Waals surface area contributed by atoms with Gasteiger partial charge in [-0.1, -0.05) is 30.3 Å². The molecule has 3 rings (SSSR count). The first-order valence-corrected chi connectivity index (χ1v) is 6.67. The van der Waals surface area contributed by atoms with Crippen molar-refractivity contribution < 1.29 is 9.90 Å². The summed E-state index contributed by atoms with van der Waals surface area (Å²) in [6, 6.07) is 9.94. The van der Waals surface area contributed by atoms with E-state index in [1.165, 1.54) is 0 Å². The molecule has 0 aliphatic heterocycles. The van der Waals surface area contributed by atoms with Gasteiger partial charge in [0.1, 0.15) is 0 Å². The molecule has 2 saturated carbocycles. The number of aliphatic hydroxyl groups is 1. The molecule has 2 fully saturated rings. The van der Waals surface area contributed by atoms with E-state index < -0.39 is 5.60 Å². The lowest BCUT2D eigenvalue weighted by Gasteiger charge is -2.25. The minimum atomic E-state index is -0.552. The van der Waals surface area contributed by atoms with Crippen molar-refractivity contribution in [3.8, 4) is 0 Å². The molecule has 0 atom stereocenters. The van der Waals surface area contributed by atoms with Crippen molar-refractivity contribution in [2.45, 2.75) is 44.2 Å². The second-order valence-electron chi connectivity index (χ2n) is 5.85. The summed E-state index contributed by atoms with van der Waals surface area (Å²) in [6.45, 7) is 0.583. The fourth-order valence-corrected chi connectivity index (χ4v) is 3.45. The van der Waals surface area contributed by atoms with E-state index in [0.717, 1.165) is 31.2 Å². The Balaban J connectivity index is 1.63. The van der Waals surface area contributed by atoms with E-state index in [0.29, 0.717) is 13.0 Å². The lowest BCUT2D eigenvalue weighted by atomic mass is 9.83. The standard InChI is InChI=1S/C15H19NO2/c17-13(16-10-12-4-2-1-3-5-12)14-6-8-15(18,11-14)9-7-14/h1-5,18H,6-11H2,(H,16,17). The van der Waals surface area contributed by atoms with E-state index in [1.807, 2.05) is 30.3 Å². The van der Waals surface area contributed by atoms with Gasteiger partial charge in [0.2, 0.25) is 5.91 Å². The predicted molar refractivity (Wildman–Crippen MR) is 68.8 cm³/mol. The third kappa shape index (κ3) is 1.93. The Bertz CT molecular complexity index is 447. The number of nitrogens with one attached hydrogen (secondary N) is 1. The van der Waals surface area contributed by atoms with E-state index in [4.69, 9.17) is 0 Å². The Morgan fingerprint density at radius 2 is 1.83 bits per heavy atom. The fourth-order valence-electron chi connectivity index (χ4n) is 3.45. The van der Waals surface area contributed by atoms with Crippen molar-refractivity contribution in [1.29, 1.82) is 0 Å². The third-order valence-electron chi connectivity index (χ3n) is 4.58. The minimum Gasteiger partial charge on any atom is -0.390 e. The van der Waals surface area contributed by atoms with Crippen LogP contribution < -0.4 is 5.32 Å². The van der Waals surface area contributed by atoms with Gasteiger partial charge in [0.25, 0.3) is 0 Å². The number of hydrogen-bond acceptors (Lipinski definition) is 2. The van der Waals surface area contributed by atoms with E-state index in [9.17, 15) is 9.90 Å². The Morgan fingerprint density at radius 3 is 2.39 bits per heavy atom. The minimum absolute atomic E-state index is 0.125. The maximum absolute atomic E-state index is 12.3. The summed E-state index contributed by atoms with van der Waals surface area (Å²) in [5.41, 5.74) is 0.279. The molecule has 0 spiro atoms. The highest BCUT2D eigenvalue weighted by Gasteiger charge is 2.57. The van der Waals surface area contributed by atoms with Crippen LogP contribution in [0.3, 0.4) is 0 Å². The number of benzene rings is 1. The van der Waals surface area contributed by atoms with Crippen molar-refractivity contribution in [2.75, 3.05) is 0 Å². The van der Waals surface area contributed by atoms with Crippen molar-refractivity contribution in [1.82, 2.24) is 5.32 Å². The summed E-state index contributed by atoms with van der Waals surface area (Å²) in [4.78, 5) is 12.3. The highest BCUT2D eigenvalue weighted by Crippen LogP contribution is 2.56. The molecular weight excluding hydrogens is 226 g/mol. The van der Waals surface area contributed by atoms with Gasteiger partial charge in [-0.15, -0.1) is 0 Å². The van der Waals surface area contributed by atoms with Crippen LogP contribution in [-0.4, -0.2) is 16.6 Å². The van der Waals surface area contributed by atoms with Crippen LogP contribution in [0.2, 0.25) is 0 Å². The summed E-state index contributed by atoms with van der Waals surface area (Å²) in [5.74, 6) is 0.125. The number of fused-ring (bicyclic) bond motifs is 2. The maximum Gasteiger partial charge on any atom is 0.226 e. The molecule has 0 unspecified atom stereocenters. The zero-order valence-corrected chi connectivity index (χ0v) is 10.5. The molecule has 2 aliphatic rings. The number of carbonyl (C=O) groups is 1. The van der Waals surface area contributed by atoms with Crippen LogP contribution in [-0.2, 0) is 11.3 Å². The topological polar surface area (TPSA) is 49.3 Å². The summed E-state index contributed by atoms with van der Waals surface area (Å²) in [5, 5.41) is 13.2. The largest absolute Gasteiger partial charge is 0.390 e. The summed E-state index contributed by atoms with van der Waals surface area (Å²) >= 11 is 0. The SMILES string of the molecule is O=C(NCc1ccccc1)C12CCC(O)(CC1)C2. The van der Waals surface area contributed by atoms with Crippen molar-refractivity contribution in [3.63, 3.8) is 0 Å². The molecule has 1 aromatic carbocycles. The van der Waals surface area contributed by atoms with E-state index >= 15 is 0 Å². The Kier molecular flexibility index (Phi) is 2.67. The van der Waals surface area contributed by atoms with Crippen LogP contribution in [0.5, 0.6) is 0 Å². The molecule has 1 amide bonds. The molecular formula is C15H19NO2. The number of amides is 1. The maximum atomic E-state index is 12.3. The normalized spacial score (nSPS) is 33.6. The molecule has 0 heterocycles.